The summed E-state index contributed by atoms with van der Waals surface area (Å²) in [6.45, 7) is 0. The molecule has 1 saturated carbocycles. The third-order valence-electron chi connectivity index (χ3n) is 10.2. The van der Waals surface area contributed by atoms with Gasteiger partial charge in [-0.25, -0.2) is 0 Å². The van der Waals surface area contributed by atoms with Crippen molar-refractivity contribution in [3.8, 4) is 39.1 Å². The van der Waals surface area contributed by atoms with Crippen molar-refractivity contribution >= 4 is 10.8 Å². The zero-order valence-corrected chi connectivity index (χ0v) is 23.1. The van der Waals surface area contributed by atoms with Crippen molar-refractivity contribution in [2.45, 2.75) is 49.5 Å². The highest BCUT2D eigenvalue weighted by Crippen LogP contribution is 2.56. The molecule has 1 fully saturated rings. The first-order chi connectivity index (χ1) is 20.3. The molecule has 198 valence electrons. The average Bonchev–Trinajstić information content (AvgIpc) is 3.30. The van der Waals surface area contributed by atoms with Crippen molar-refractivity contribution in [3.05, 3.63) is 138 Å². The van der Waals surface area contributed by atoms with Gasteiger partial charge in [-0.05, 0) is 92.6 Å². The Morgan fingerprint density at radius 3 is 2.32 bits per heavy atom. The highest BCUT2D eigenvalue weighted by molar-refractivity contribution is 6.03. The number of allylic oxidation sites excluding steroid dienone is 2. The maximum absolute atomic E-state index is 6.48. The van der Waals surface area contributed by atoms with Crippen molar-refractivity contribution in [1.29, 1.82) is 0 Å². The van der Waals surface area contributed by atoms with Gasteiger partial charge in [0.2, 0.25) is 0 Å². The van der Waals surface area contributed by atoms with Crippen molar-refractivity contribution in [1.82, 2.24) is 0 Å². The quantitative estimate of drug-likeness (QED) is 0.221. The lowest BCUT2D eigenvalue weighted by atomic mass is 9.67. The lowest BCUT2D eigenvalue weighted by Crippen LogP contribution is -2.28. The molecule has 1 spiro atoms. The zero-order chi connectivity index (χ0) is 27.0. The minimum atomic E-state index is 0.0747. The van der Waals surface area contributed by atoms with Crippen LogP contribution in [0.5, 0.6) is 5.75 Å². The lowest BCUT2D eigenvalue weighted by molar-refractivity contribution is 0.227. The van der Waals surface area contributed by atoms with Gasteiger partial charge in [0.05, 0.1) is 0 Å². The SMILES string of the molecule is C1=CC2Oc3ccc(-c4cccc(-c5ccc6c(c5)C5(CCCCC5)c5ccccc5-6)c4)c4cccc(c34)C2C=C1. The molecule has 5 aromatic rings. The predicted octanol–water partition coefficient (Wildman–Crippen LogP) is 10.4. The van der Waals surface area contributed by atoms with Crippen LogP contribution in [0.25, 0.3) is 44.2 Å². The Balaban J connectivity index is 1.16. The maximum Gasteiger partial charge on any atom is 0.128 e. The van der Waals surface area contributed by atoms with Crippen molar-refractivity contribution in [2.75, 3.05) is 0 Å². The van der Waals surface area contributed by atoms with Gasteiger partial charge in [-0.15, -0.1) is 0 Å². The molecule has 1 aliphatic heterocycles. The van der Waals surface area contributed by atoms with Gasteiger partial charge in [0.15, 0.2) is 0 Å². The van der Waals surface area contributed by atoms with Crippen LogP contribution >= 0.6 is 0 Å². The van der Waals surface area contributed by atoms with Crippen LogP contribution in [-0.2, 0) is 5.41 Å². The number of benzene rings is 5. The number of hydrogen-bond donors (Lipinski definition) is 0. The summed E-state index contributed by atoms with van der Waals surface area (Å²) in [6.07, 6.45) is 15.3. The first-order valence-electron chi connectivity index (χ1n) is 15.2. The van der Waals surface area contributed by atoms with Crippen LogP contribution in [0.3, 0.4) is 0 Å². The molecule has 0 radical (unpaired) electrons. The van der Waals surface area contributed by atoms with Crippen LogP contribution in [0.4, 0.5) is 0 Å². The standard InChI is InChI=1S/C40H32O/c1-6-22-40(23-7-1)35-16-4-2-12-30(35)31-19-18-27(25-36(31)40)26-10-8-11-28(24-26)29-20-21-38-39-33(29)14-9-15-34(39)32-13-3-5-17-37(32)41-38/h2-5,8-21,24-25,32,37H,1,6-7,22-23H2. The van der Waals surface area contributed by atoms with E-state index >= 15 is 0 Å². The Kier molecular flexibility index (Phi) is 5.02. The minimum Gasteiger partial charge on any atom is -0.485 e. The second-order valence-corrected chi connectivity index (χ2v) is 12.3. The molecule has 0 N–H and O–H groups in total. The van der Waals surface area contributed by atoms with Gasteiger partial charge >= 0.3 is 0 Å². The second kappa shape index (κ2) is 8.82. The smallest absolute Gasteiger partial charge is 0.128 e. The van der Waals surface area contributed by atoms with Crippen LogP contribution in [0.2, 0.25) is 0 Å². The molecule has 1 heterocycles. The Labute approximate surface area is 241 Å². The van der Waals surface area contributed by atoms with E-state index in [1.165, 1.54) is 81.8 Å². The number of ether oxygens (including phenoxy) is 1. The van der Waals surface area contributed by atoms with E-state index in [9.17, 15) is 0 Å². The molecule has 5 aromatic carbocycles. The molecular formula is C40H32O. The molecule has 2 atom stereocenters. The second-order valence-electron chi connectivity index (χ2n) is 12.3. The molecule has 9 rings (SSSR count). The zero-order valence-electron chi connectivity index (χ0n) is 23.1. The van der Waals surface area contributed by atoms with E-state index in [0.29, 0.717) is 0 Å². The van der Waals surface area contributed by atoms with Gasteiger partial charge in [-0.2, -0.15) is 0 Å². The molecule has 4 aliphatic rings. The summed E-state index contributed by atoms with van der Waals surface area (Å²) in [6, 6.07) is 36.7. The van der Waals surface area contributed by atoms with Crippen LogP contribution < -0.4 is 4.74 Å². The van der Waals surface area contributed by atoms with Gasteiger partial charge in [0.25, 0.3) is 0 Å². The molecule has 41 heavy (non-hydrogen) atoms. The number of rotatable bonds is 2. The van der Waals surface area contributed by atoms with E-state index in [2.05, 4.69) is 121 Å². The van der Waals surface area contributed by atoms with Crippen LogP contribution in [0, 0.1) is 0 Å². The monoisotopic (exact) mass is 528 g/mol. The van der Waals surface area contributed by atoms with Gasteiger partial charge in [-0.1, -0.05) is 116 Å². The minimum absolute atomic E-state index is 0.0747. The summed E-state index contributed by atoms with van der Waals surface area (Å²) in [5, 5.41) is 2.52. The fourth-order valence-corrected chi connectivity index (χ4v) is 8.35. The Bertz CT molecular complexity index is 1920. The van der Waals surface area contributed by atoms with Crippen molar-refractivity contribution in [2.24, 2.45) is 0 Å². The molecule has 3 aliphatic carbocycles. The maximum atomic E-state index is 6.48. The van der Waals surface area contributed by atoms with Gasteiger partial charge < -0.3 is 4.74 Å². The number of hydrogen-bond acceptors (Lipinski definition) is 1. The highest BCUT2D eigenvalue weighted by atomic mass is 16.5. The van der Waals surface area contributed by atoms with E-state index < -0.39 is 0 Å². The molecule has 0 aromatic heterocycles. The summed E-state index contributed by atoms with van der Waals surface area (Å²) in [7, 11) is 0. The molecule has 1 nitrogen and oxygen atoms in total. The van der Waals surface area contributed by atoms with Gasteiger partial charge in [-0.3, -0.25) is 0 Å². The fraction of sp³-hybridized carbons (Fsp3) is 0.200. The van der Waals surface area contributed by atoms with Crippen molar-refractivity contribution in [3.63, 3.8) is 0 Å². The third-order valence-corrected chi connectivity index (χ3v) is 10.2. The summed E-state index contributed by atoms with van der Waals surface area (Å²) < 4.78 is 6.48. The van der Waals surface area contributed by atoms with E-state index in [1.807, 2.05) is 0 Å². The summed E-state index contributed by atoms with van der Waals surface area (Å²) in [5.74, 6) is 1.26. The average molecular weight is 529 g/mol. The Morgan fingerprint density at radius 2 is 1.37 bits per heavy atom. The normalized spacial score (nSPS) is 20.9. The van der Waals surface area contributed by atoms with E-state index in [1.54, 1.807) is 11.1 Å². The Hall–Kier alpha value is -4.36. The van der Waals surface area contributed by atoms with Crippen LogP contribution in [0.1, 0.15) is 54.7 Å². The van der Waals surface area contributed by atoms with E-state index in [-0.39, 0.29) is 17.4 Å². The molecule has 0 amide bonds. The molecule has 2 unspecified atom stereocenters. The summed E-state index contributed by atoms with van der Waals surface area (Å²) >= 11 is 0. The number of fused-ring (bicyclic) bond motifs is 7. The first-order valence-corrected chi connectivity index (χ1v) is 15.2. The van der Waals surface area contributed by atoms with Crippen LogP contribution in [0.15, 0.2) is 121 Å². The Morgan fingerprint density at radius 1 is 0.585 bits per heavy atom. The predicted molar refractivity (Wildman–Crippen MR) is 170 cm³/mol. The molecule has 0 bridgehead atoms. The fourth-order valence-electron chi connectivity index (χ4n) is 8.35. The largest absolute Gasteiger partial charge is 0.485 e. The summed E-state index contributed by atoms with van der Waals surface area (Å²) in [5.41, 5.74) is 12.6. The lowest BCUT2D eigenvalue weighted by Gasteiger charge is -2.36. The van der Waals surface area contributed by atoms with Crippen LogP contribution in [-0.4, -0.2) is 6.10 Å². The molecule has 1 heteroatoms. The first kappa shape index (κ1) is 23.4. The van der Waals surface area contributed by atoms with Crippen molar-refractivity contribution < 1.29 is 4.74 Å². The van der Waals surface area contributed by atoms with Gasteiger partial charge in [0, 0.05) is 16.7 Å². The molecule has 0 saturated heterocycles. The van der Waals surface area contributed by atoms with Gasteiger partial charge in [0.1, 0.15) is 11.9 Å². The molecular weight excluding hydrogens is 496 g/mol. The summed E-state index contributed by atoms with van der Waals surface area (Å²) in [4.78, 5) is 0. The van der Waals surface area contributed by atoms with E-state index in [4.69, 9.17) is 4.74 Å². The third kappa shape index (κ3) is 3.36. The highest BCUT2D eigenvalue weighted by Gasteiger charge is 2.43. The topological polar surface area (TPSA) is 9.23 Å². The van der Waals surface area contributed by atoms with E-state index in [0.717, 1.165) is 5.75 Å².